The highest BCUT2D eigenvalue weighted by Crippen LogP contribution is 2.49. The van der Waals surface area contributed by atoms with Gasteiger partial charge in [0.15, 0.2) is 0 Å². The van der Waals surface area contributed by atoms with Crippen molar-refractivity contribution in [3.05, 3.63) is 54.1 Å². The molecular weight excluding hydrogens is 346 g/mol. The Bertz CT molecular complexity index is 849. The summed E-state index contributed by atoms with van der Waals surface area (Å²) in [6.07, 6.45) is 12.7. The minimum absolute atomic E-state index is 0.337. The first kappa shape index (κ1) is 17.9. The molecule has 1 heterocycles. The van der Waals surface area contributed by atoms with Gasteiger partial charge in [0.25, 0.3) is 0 Å². The number of hydrogen-bond acceptors (Lipinski definition) is 3. The van der Waals surface area contributed by atoms with E-state index < -0.39 is 5.41 Å². The van der Waals surface area contributed by atoms with Crippen LogP contribution < -0.4 is 0 Å². The smallest absolute Gasteiger partial charge is 0.141 e. The molecule has 0 amide bonds. The summed E-state index contributed by atoms with van der Waals surface area (Å²) in [5, 5.41) is 10.1. The Morgan fingerprint density at radius 1 is 1.04 bits per heavy atom. The van der Waals surface area contributed by atoms with Crippen LogP contribution in [0.1, 0.15) is 62.8 Å². The van der Waals surface area contributed by atoms with E-state index in [2.05, 4.69) is 29.0 Å². The van der Waals surface area contributed by atoms with Gasteiger partial charge >= 0.3 is 0 Å². The van der Waals surface area contributed by atoms with Gasteiger partial charge in [-0.05, 0) is 68.8 Å². The van der Waals surface area contributed by atoms with E-state index >= 15 is 0 Å². The Balaban J connectivity index is 1.42. The van der Waals surface area contributed by atoms with Crippen LogP contribution in [0.4, 0.5) is 0 Å². The van der Waals surface area contributed by atoms with Crippen molar-refractivity contribution in [3.8, 4) is 6.07 Å². The number of imidazole rings is 1. The maximum atomic E-state index is 10.1. The van der Waals surface area contributed by atoms with Crippen LogP contribution >= 0.6 is 0 Å². The number of nitriles is 1. The van der Waals surface area contributed by atoms with Crippen LogP contribution in [0.2, 0.25) is 0 Å². The molecule has 146 valence electrons. The van der Waals surface area contributed by atoms with Crippen molar-refractivity contribution >= 4 is 0 Å². The first-order valence-electron chi connectivity index (χ1n) is 10.9. The van der Waals surface area contributed by atoms with Gasteiger partial charge < -0.3 is 9.30 Å². The number of aromatic nitrogens is 2. The fourth-order valence-electron chi connectivity index (χ4n) is 4.73. The highest BCUT2D eigenvalue weighted by atomic mass is 16.5. The van der Waals surface area contributed by atoms with Crippen LogP contribution in [0.3, 0.4) is 0 Å². The predicted octanol–water partition coefficient (Wildman–Crippen LogP) is 4.95. The molecule has 1 aromatic carbocycles. The van der Waals surface area contributed by atoms with Crippen molar-refractivity contribution < 1.29 is 4.74 Å². The Labute approximate surface area is 167 Å². The standard InChI is InChI=1S/C24H29N3O/c25-18-23(21-4-2-1-3-5-21)10-12-24(13-11-23,28-17-20-8-9-20)22-26-14-15-27(22)16-19-6-7-19/h1-5,14-15,19-20H,6-13,16-17H2. The molecule has 1 aromatic heterocycles. The van der Waals surface area contributed by atoms with E-state index in [9.17, 15) is 5.26 Å². The molecule has 3 saturated carbocycles. The fraction of sp³-hybridized carbons (Fsp3) is 0.583. The summed E-state index contributed by atoms with van der Waals surface area (Å²) in [7, 11) is 0. The average Bonchev–Trinajstić information content (AvgIpc) is 3.67. The molecule has 0 unspecified atom stereocenters. The third-order valence-electron chi connectivity index (χ3n) is 7.02. The van der Waals surface area contributed by atoms with Crippen molar-refractivity contribution in [1.82, 2.24) is 9.55 Å². The zero-order valence-corrected chi connectivity index (χ0v) is 16.5. The van der Waals surface area contributed by atoms with Gasteiger partial charge in [-0.2, -0.15) is 5.26 Å². The van der Waals surface area contributed by atoms with Crippen LogP contribution in [-0.4, -0.2) is 16.2 Å². The molecule has 0 atom stereocenters. The van der Waals surface area contributed by atoms with E-state index in [1.165, 1.54) is 25.7 Å². The second kappa shape index (κ2) is 7.04. The molecule has 2 aromatic rings. The van der Waals surface area contributed by atoms with E-state index in [1.54, 1.807) is 0 Å². The lowest BCUT2D eigenvalue weighted by molar-refractivity contribution is -0.0959. The maximum absolute atomic E-state index is 10.1. The molecule has 0 aliphatic heterocycles. The number of ether oxygens (including phenoxy) is 1. The third kappa shape index (κ3) is 3.37. The Morgan fingerprint density at radius 3 is 2.39 bits per heavy atom. The van der Waals surface area contributed by atoms with E-state index in [1.807, 2.05) is 24.4 Å². The van der Waals surface area contributed by atoms with Crippen LogP contribution in [0, 0.1) is 23.2 Å². The summed E-state index contributed by atoms with van der Waals surface area (Å²) in [6.45, 7) is 1.90. The van der Waals surface area contributed by atoms with Crippen LogP contribution in [-0.2, 0) is 22.3 Å². The molecule has 0 spiro atoms. The molecule has 0 radical (unpaired) electrons. The first-order valence-corrected chi connectivity index (χ1v) is 10.9. The predicted molar refractivity (Wildman–Crippen MR) is 108 cm³/mol. The monoisotopic (exact) mass is 375 g/mol. The van der Waals surface area contributed by atoms with Gasteiger partial charge in [-0.3, -0.25) is 0 Å². The maximum Gasteiger partial charge on any atom is 0.141 e. The molecule has 0 N–H and O–H groups in total. The van der Waals surface area contributed by atoms with Gasteiger partial charge in [-0.1, -0.05) is 30.3 Å². The zero-order valence-electron chi connectivity index (χ0n) is 16.5. The van der Waals surface area contributed by atoms with Crippen LogP contribution in [0.25, 0.3) is 0 Å². The van der Waals surface area contributed by atoms with Gasteiger partial charge in [0.2, 0.25) is 0 Å². The average molecular weight is 376 g/mol. The SMILES string of the molecule is N#CC1(c2ccccc2)CCC(OCC2CC2)(c2nccn2CC2CC2)CC1. The van der Waals surface area contributed by atoms with Crippen molar-refractivity contribution in [2.24, 2.45) is 11.8 Å². The second-order valence-electron chi connectivity index (χ2n) is 9.16. The highest BCUT2D eigenvalue weighted by molar-refractivity contribution is 5.34. The zero-order chi connectivity index (χ0) is 19.0. The highest BCUT2D eigenvalue weighted by Gasteiger charge is 2.48. The van der Waals surface area contributed by atoms with Crippen molar-refractivity contribution in [1.29, 1.82) is 5.26 Å². The summed E-state index contributed by atoms with van der Waals surface area (Å²) in [5.41, 5.74) is 0.409. The molecule has 5 rings (SSSR count). The summed E-state index contributed by atoms with van der Waals surface area (Å²) < 4.78 is 9.00. The Morgan fingerprint density at radius 2 is 1.75 bits per heavy atom. The quantitative estimate of drug-likeness (QED) is 0.688. The molecule has 28 heavy (non-hydrogen) atoms. The topological polar surface area (TPSA) is 50.8 Å². The van der Waals surface area contributed by atoms with E-state index in [0.29, 0.717) is 0 Å². The minimum atomic E-state index is -0.401. The van der Waals surface area contributed by atoms with Gasteiger partial charge in [0, 0.05) is 18.9 Å². The second-order valence-corrected chi connectivity index (χ2v) is 9.16. The van der Waals surface area contributed by atoms with Crippen LogP contribution in [0.15, 0.2) is 42.7 Å². The van der Waals surface area contributed by atoms with E-state index in [0.717, 1.165) is 62.1 Å². The first-order chi connectivity index (χ1) is 13.7. The molecule has 3 aliphatic carbocycles. The third-order valence-corrected chi connectivity index (χ3v) is 7.02. The Kier molecular flexibility index (Phi) is 4.51. The summed E-state index contributed by atoms with van der Waals surface area (Å²) in [5.74, 6) is 2.62. The molecular formula is C24H29N3O. The number of benzene rings is 1. The summed E-state index contributed by atoms with van der Waals surface area (Å²) in [4.78, 5) is 4.79. The van der Waals surface area contributed by atoms with Crippen molar-refractivity contribution in [3.63, 3.8) is 0 Å². The minimum Gasteiger partial charge on any atom is -0.367 e. The molecule has 0 bridgehead atoms. The molecule has 3 fully saturated rings. The van der Waals surface area contributed by atoms with Crippen LogP contribution in [0.5, 0.6) is 0 Å². The lowest BCUT2D eigenvalue weighted by Crippen LogP contribution is -2.43. The van der Waals surface area contributed by atoms with Gasteiger partial charge in [-0.25, -0.2) is 4.98 Å². The molecule has 4 heteroatoms. The lowest BCUT2D eigenvalue weighted by atomic mass is 9.65. The van der Waals surface area contributed by atoms with Crippen molar-refractivity contribution in [2.45, 2.75) is 68.9 Å². The summed E-state index contributed by atoms with van der Waals surface area (Å²) in [6, 6.07) is 13.0. The van der Waals surface area contributed by atoms with Crippen molar-refractivity contribution in [2.75, 3.05) is 6.61 Å². The Hall–Kier alpha value is -2.12. The number of rotatable bonds is 7. The number of nitrogens with zero attached hydrogens (tertiary/aromatic N) is 3. The molecule has 3 aliphatic rings. The normalized spacial score (nSPS) is 30.1. The van der Waals surface area contributed by atoms with Gasteiger partial charge in [0.05, 0.1) is 18.1 Å². The fourth-order valence-corrected chi connectivity index (χ4v) is 4.73. The molecule has 0 saturated heterocycles. The number of hydrogen-bond donors (Lipinski definition) is 0. The van der Waals surface area contributed by atoms with E-state index in [4.69, 9.17) is 9.72 Å². The largest absolute Gasteiger partial charge is 0.367 e. The molecule has 4 nitrogen and oxygen atoms in total. The summed E-state index contributed by atoms with van der Waals surface area (Å²) >= 11 is 0. The van der Waals surface area contributed by atoms with Gasteiger partial charge in [0.1, 0.15) is 11.4 Å². The van der Waals surface area contributed by atoms with Gasteiger partial charge in [-0.15, -0.1) is 0 Å². The van der Waals surface area contributed by atoms with E-state index in [-0.39, 0.29) is 5.60 Å². The lowest BCUT2D eigenvalue weighted by Gasteiger charge is -2.43.